The van der Waals surface area contributed by atoms with E-state index in [-0.39, 0.29) is 17.9 Å². The molecule has 0 atom stereocenters. The standard InChI is InChI=1S/C29H25N5O2S/c35-27(17-19-12-14-21(15-13-19)20-7-2-1-3-8-20)31-26-18-24(25-11-6-16-37-25)33-34(26)29-30-23-10-5-4-9-22(23)28(36)32-29/h1-3,6-8,11-16,18H,4-5,9-10,17H2,(H,31,35)(H,30,32,36). The molecule has 184 valence electrons. The monoisotopic (exact) mass is 507 g/mol. The Morgan fingerprint density at radius 3 is 2.54 bits per heavy atom. The van der Waals surface area contributed by atoms with Crippen LogP contribution in [0, 0.1) is 0 Å². The molecule has 5 aromatic rings. The van der Waals surface area contributed by atoms with E-state index in [2.05, 4.69) is 22.4 Å². The van der Waals surface area contributed by atoms with Crippen molar-refractivity contribution in [3.63, 3.8) is 0 Å². The van der Waals surface area contributed by atoms with E-state index in [0.717, 1.165) is 58.5 Å². The van der Waals surface area contributed by atoms with Gasteiger partial charge in [-0.15, -0.1) is 11.3 Å². The Bertz CT molecular complexity index is 1600. The quantitative estimate of drug-likeness (QED) is 0.321. The predicted molar refractivity (Wildman–Crippen MR) is 146 cm³/mol. The average molecular weight is 508 g/mol. The van der Waals surface area contributed by atoms with Crippen LogP contribution >= 0.6 is 11.3 Å². The summed E-state index contributed by atoms with van der Waals surface area (Å²) in [5.74, 6) is 0.607. The molecule has 6 rings (SSSR count). The van der Waals surface area contributed by atoms with E-state index < -0.39 is 0 Å². The fourth-order valence-corrected chi connectivity index (χ4v) is 5.37. The number of aryl methyl sites for hydroxylation is 1. The van der Waals surface area contributed by atoms with Crippen molar-refractivity contribution in [2.45, 2.75) is 32.1 Å². The van der Waals surface area contributed by atoms with Gasteiger partial charge in [0.25, 0.3) is 5.56 Å². The number of rotatable bonds is 6. The van der Waals surface area contributed by atoms with E-state index in [1.807, 2.05) is 66.0 Å². The second-order valence-electron chi connectivity index (χ2n) is 9.11. The second-order valence-corrected chi connectivity index (χ2v) is 10.1. The Kier molecular flexibility index (Phi) is 6.24. The normalized spacial score (nSPS) is 12.8. The Balaban J connectivity index is 1.28. The number of carbonyl (C=O) groups excluding carboxylic acids is 1. The summed E-state index contributed by atoms with van der Waals surface area (Å²) in [6, 6.07) is 23.9. The summed E-state index contributed by atoms with van der Waals surface area (Å²) in [4.78, 5) is 34.4. The van der Waals surface area contributed by atoms with Gasteiger partial charge in [0.15, 0.2) is 0 Å². The summed E-state index contributed by atoms with van der Waals surface area (Å²) in [5, 5.41) is 9.66. The van der Waals surface area contributed by atoms with Gasteiger partial charge < -0.3 is 5.32 Å². The van der Waals surface area contributed by atoms with E-state index in [1.54, 1.807) is 11.3 Å². The molecule has 3 heterocycles. The van der Waals surface area contributed by atoms with Crippen LogP contribution in [0.4, 0.5) is 5.82 Å². The minimum absolute atomic E-state index is 0.136. The first-order valence-corrected chi connectivity index (χ1v) is 13.2. The molecule has 7 nitrogen and oxygen atoms in total. The van der Waals surface area contributed by atoms with Crippen LogP contribution in [0.5, 0.6) is 0 Å². The van der Waals surface area contributed by atoms with Gasteiger partial charge in [-0.3, -0.25) is 14.6 Å². The van der Waals surface area contributed by atoms with E-state index >= 15 is 0 Å². The maximum Gasteiger partial charge on any atom is 0.255 e. The van der Waals surface area contributed by atoms with Gasteiger partial charge in [-0.25, -0.2) is 4.98 Å². The summed E-state index contributed by atoms with van der Waals surface area (Å²) >= 11 is 1.56. The maximum absolute atomic E-state index is 13.1. The van der Waals surface area contributed by atoms with Crippen LogP contribution in [0.1, 0.15) is 29.7 Å². The molecule has 37 heavy (non-hydrogen) atoms. The van der Waals surface area contributed by atoms with Crippen molar-refractivity contribution in [1.82, 2.24) is 19.7 Å². The lowest BCUT2D eigenvalue weighted by atomic mass is 9.97. The predicted octanol–water partition coefficient (Wildman–Crippen LogP) is 5.41. The Morgan fingerprint density at radius 1 is 0.973 bits per heavy atom. The first-order chi connectivity index (χ1) is 18.1. The molecule has 1 aliphatic rings. The molecule has 0 saturated carbocycles. The first kappa shape index (κ1) is 23.1. The third-order valence-electron chi connectivity index (χ3n) is 6.56. The third-order valence-corrected chi connectivity index (χ3v) is 7.45. The molecule has 0 radical (unpaired) electrons. The number of hydrogen-bond donors (Lipinski definition) is 2. The highest BCUT2D eigenvalue weighted by Gasteiger charge is 2.20. The molecule has 0 fully saturated rings. The van der Waals surface area contributed by atoms with Gasteiger partial charge in [-0.05, 0) is 53.8 Å². The van der Waals surface area contributed by atoms with Gasteiger partial charge in [0, 0.05) is 11.6 Å². The number of H-pyrrole nitrogens is 1. The lowest BCUT2D eigenvalue weighted by molar-refractivity contribution is -0.115. The molecule has 0 saturated heterocycles. The van der Waals surface area contributed by atoms with Crippen LogP contribution in [-0.2, 0) is 24.1 Å². The number of anilines is 1. The van der Waals surface area contributed by atoms with E-state index in [0.29, 0.717) is 17.5 Å². The molecule has 1 aliphatic carbocycles. The molecule has 0 spiro atoms. The molecule has 2 N–H and O–H groups in total. The zero-order valence-corrected chi connectivity index (χ0v) is 20.9. The van der Waals surface area contributed by atoms with Crippen molar-refractivity contribution in [2.75, 3.05) is 5.32 Å². The van der Waals surface area contributed by atoms with E-state index in [9.17, 15) is 9.59 Å². The fraction of sp³-hybridized carbons (Fsp3) is 0.172. The van der Waals surface area contributed by atoms with E-state index in [4.69, 9.17) is 10.1 Å². The molecular formula is C29H25N5O2S. The molecule has 1 amide bonds. The summed E-state index contributed by atoms with van der Waals surface area (Å²) in [7, 11) is 0. The first-order valence-electron chi connectivity index (χ1n) is 12.3. The number of thiophene rings is 1. The number of fused-ring (bicyclic) bond motifs is 1. The summed E-state index contributed by atoms with van der Waals surface area (Å²) in [6.45, 7) is 0. The van der Waals surface area contributed by atoms with Crippen LogP contribution in [0.3, 0.4) is 0 Å². The van der Waals surface area contributed by atoms with Crippen molar-refractivity contribution < 1.29 is 4.79 Å². The lowest BCUT2D eigenvalue weighted by Crippen LogP contribution is -2.25. The van der Waals surface area contributed by atoms with Crippen LogP contribution in [-0.4, -0.2) is 25.7 Å². The van der Waals surface area contributed by atoms with Gasteiger partial charge in [-0.2, -0.15) is 9.78 Å². The van der Waals surface area contributed by atoms with Gasteiger partial charge in [-0.1, -0.05) is 60.7 Å². The largest absolute Gasteiger partial charge is 0.310 e. The Hall–Kier alpha value is -4.30. The van der Waals surface area contributed by atoms with Crippen LogP contribution in [0.15, 0.2) is 83.0 Å². The zero-order valence-electron chi connectivity index (χ0n) is 20.1. The number of aromatic nitrogens is 4. The van der Waals surface area contributed by atoms with Crippen molar-refractivity contribution >= 4 is 23.1 Å². The molecular weight excluding hydrogens is 482 g/mol. The number of hydrogen-bond acceptors (Lipinski definition) is 5. The van der Waals surface area contributed by atoms with Gasteiger partial charge >= 0.3 is 0 Å². The van der Waals surface area contributed by atoms with Crippen molar-refractivity contribution in [2.24, 2.45) is 0 Å². The number of nitrogens with zero attached hydrogens (tertiary/aromatic N) is 3. The summed E-state index contributed by atoms with van der Waals surface area (Å²) < 4.78 is 1.53. The smallest absolute Gasteiger partial charge is 0.255 e. The van der Waals surface area contributed by atoms with Gasteiger partial charge in [0.1, 0.15) is 11.5 Å². The lowest BCUT2D eigenvalue weighted by Gasteiger charge is -2.15. The molecule has 2 aromatic carbocycles. The van der Waals surface area contributed by atoms with Gasteiger partial charge in [0.2, 0.25) is 11.9 Å². The maximum atomic E-state index is 13.1. The van der Waals surface area contributed by atoms with Crippen molar-refractivity contribution in [3.8, 4) is 27.6 Å². The Morgan fingerprint density at radius 2 is 1.76 bits per heavy atom. The zero-order chi connectivity index (χ0) is 25.2. The highest BCUT2D eigenvalue weighted by Crippen LogP contribution is 2.28. The highest BCUT2D eigenvalue weighted by atomic mass is 32.1. The number of amides is 1. The van der Waals surface area contributed by atoms with Crippen LogP contribution in [0.25, 0.3) is 27.6 Å². The summed E-state index contributed by atoms with van der Waals surface area (Å²) in [5.41, 5.74) is 5.28. The van der Waals surface area contributed by atoms with Crippen LogP contribution in [0.2, 0.25) is 0 Å². The third kappa shape index (κ3) is 4.88. The van der Waals surface area contributed by atoms with Gasteiger partial charge in [0.05, 0.1) is 17.0 Å². The number of carbonyl (C=O) groups is 1. The minimum atomic E-state index is -0.174. The van der Waals surface area contributed by atoms with Crippen molar-refractivity contribution in [1.29, 1.82) is 0 Å². The highest BCUT2D eigenvalue weighted by molar-refractivity contribution is 7.13. The topological polar surface area (TPSA) is 92.7 Å². The minimum Gasteiger partial charge on any atom is -0.310 e. The molecule has 8 heteroatoms. The average Bonchev–Trinajstić information content (AvgIpc) is 3.60. The van der Waals surface area contributed by atoms with Crippen molar-refractivity contribution in [3.05, 3.63) is 105 Å². The summed E-state index contributed by atoms with van der Waals surface area (Å²) in [6.07, 6.45) is 3.73. The van der Waals surface area contributed by atoms with E-state index in [1.165, 1.54) is 4.68 Å². The Labute approximate surface area is 217 Å². The number of benzene rings is 2. The second kappa shape index (κ2) is 9.99. The molecule has 0 unspecified atom stereocenters. The molecule has 0 aliphatic heterocycles. The number of nitrogens with one attached hydrogen (secondary N) is 2. The SMILES string of the molecule is O=C(Cc1ccc(-c2ccccc2)cc1)Nc1cc(-c2cccs2)nn1-c1nc2c(c(=O)[nH]1)CCCC2. The number of aromatic amines is 1. The fourth-order valence-electron chi connectivity index (χ4n) is 4.68. The molecule has 3 aromatic heterocycles. The van der Waals surface area contributed by atoms with Crippen LogP contribution < -0.4 is 10.9 Å². The molecule has 0 bridgehead atoms.